The van der Waals surface area contributed by atoms with Crippen molar-refractivity contribution in [3.63, 3.8) is 0 Å². The maximum atomic E-state index is 12.7. The van der Waals surface area contributed by atoms with Crippen molar-refractivity contribution in [2.75, 3.05) is 18.5 Å². The highest BCUT2D eigenvalue weighted by atomic mass is 16.6. The first-order valence-electron chi connectivity index (χ1n) is 14.1. The summed E-state index contributed by atoms with van der Waals surface area (Å²) in [6.07, 6.45) is 0.0961. The molecule has 2 atom stereocenters. The summed E-state index contributed by atoms with van der Waals surface area (Å²) < 4.78 is 11.3. The first-order chi connectivity index (χ1) is 18.4. The topological polar surface area (TPSA) is 59.6 Å². The third kappa shape index (κ3) is 7.42. The summed E-state index contributed by atoms with van der Waals surface area (Å²) in [7, 11) is 0. The number of nitrogens with one attached hydrogen (secondary N) is 2. The van der Waals surface area contributed by atoms with E-state index < -0.39 is 6.09 Å². The SMILES string of the molecule is CCOc1ccc(NC(=O)O[C@H]2CN[C@@H](C(c3ccc(C(C)(C)C)cc3)c3ccc(C(C)(C)C)cc3)C2)cc1. The van der Waals surface area contributed by atoms with E-state index >= 15 is 0 Å². The molecule has 1 fully saturated rings. The Hall–Kier alpha value is -3.31. The van der Waals surface area contributed by atoms with E-state index in [1.807, 2.05) is 31.2 Å². The number of amides is 1. The minimum Gasteiger partial charge on any atom is -0.494 e. The van der Waals surface area contributed by atoms with E-state index in [4.69, 9.17) is 9.47 Å². The van der Waals surface area contributed by atoms with Gasteiger partial charge in [-0.25, -0.2) is 4.79 Å². The van der Waals surface area contributed by atoms with E-state index in [2.05, 4.69) is 101 Å². The van der Waals surface area contributed by atoms with Gasteiger partial charge >= 0.3 is 6.09 Å². The maximum Gasteiger partial charge on any atom is 0.411 e. The zero-order valence-electron chi connectivity index (χ0n) is 24.5. The van der Waals surface area contributed by atoms with Gasteiger partial charge in [-0.05, 0) is 64.3 Å². The third-order valence-electron chi connectivity index (χ3n) is 7.48. The van der Waals surface area contributed by atoms with Gasteiger partial charge in [0, 0.05) is 30.6 Å². The molecular formula is C34H44N2O3. The molecule has 0 unspecified atom stereocenters. The molecular weight excluding hydrogens is 484 g/mol. The molecule has 0 aromatic heterocycles. The van der Waals surface area contributed by atoms with Gasteiger partial charge in [0.05, 0.1) is 6.61 Å². The molecule has 4 rings (SSSR count). The number of anilines is 1. The Morgan fingerprint density at radius 3 is 1.82 bits per heavy atom. The standard InChI is InChI=1S/C34H44N2O3/c1-8-38-28-19-17-27(18-20-28)36-32(37)39-29-21-30(35-22-29)31(23-9-13-25(14-10-23)33(2,3)4)24-11-15-26(16-12-24)34(5,6)7/h9-20,29-31,35H,8,21-22H2,1-7H3,(H,36,37)/t29-,30-/m1/s1. The van der Waals surface area contributed by atoms with Crippen LogP contribution in [0.15, 0.2) is 72.8 Å². The summed E-state index contributed by atoms with van der Waals surface area (Å²) in [5.41, 5.74) is 6.06. The highest BCUT2D eigenvalue weighted by Crippen LogP contribution is 2.35. The van der Waals surface area contributed by atoms with Gasteiger partial charge < -0.3 is 14.8 Å². The molecule has 0 radical (unpaired) electrons. The molecule has 1 saturated heterocycles. The Kier molecular flexibility index (Phi) is 8.70. The Morgan fingerprint density at radius 1 is 0.846 bits per heavy atom. The van der Waals surface area contributed by atoms with Crippen LogP contribution >= 0.6 is 0 Å². The van der Waals surface area contributed by atoms with Crippen molar-refractivity contribution in [2.24, 2.45) is 0 Å². The van der Waals surface area contributed by atoms with Crippen LogP contribution < -0.4 is 15.4 Å². The smallest absolute Gasteiger partial charge is 0.411 e. The second-order valence-corrected chi connectivity index (χ2v) is 12.6. The summed E-state index contributed by atoms with van der Waals surface area (Å²) in [4.78, 5) is 12.7. The Labute approximate surface area is 234 Å². The summed E-state index contributed by atoms with van der Waals surface area (Å²) in [6.45, 7) is 16.6. The lowest BCUT2D eigenvalue weighted by Gasteiger charge is -2.27. The lowest BCUT2D eigenvalue weighted by molar-refractivity contribution is 0.119. The van der Waals surface area contributed by atoms with Crippen LogP contribution in [-0.4, -0.2) is 31.4 Å². The third-order valence-corrected chi connectivity index (χ3v) is 7.48. The zero-order valence-corrected chi connectivity index (χ0v) is 24.5. The Morgan fingerprint density at radius 2 is 1.36 bits per heavy atom. The summed E-state index contributed by atoms with van der Waals surface area (Å²) in [6, 6.07) is 25.5. The van der Waals surface area contributed by atoms with E-state index in [0.29, 0.717) is 18.8 Å². The van der Waals surface area contributed by atoms with Gasteiger partial charge in [0.1, 0.15) is 11.9 Å². The monoisotopic (exact) mass is 528 g/mol. The van der Waals surface area contributed by atoms with Crippen molar-refractivity contribution in [2.45, 2.75) is 83.8 Å². The van der Waals surface area contributed by atoms with Gasteiger partial charge in [0.25, 0.3) is 0 Å². The normalized spacial score (nSPS) is 17.7. The molecule has 1 aliphatic heterocycles. The summed E-state index contributed by atoms with van der Waals surface area (Å²) in [5.74, 6) is 0.923. The second-order valence-electron chi connectivity index (χ2n) is 12.6. The quantitative estimate of drug-likeness (QED) is 0.329. The number of carbonyl (C=O) groups excluding carboxylic acids is 1. The highest BCUT2D eigenvalue weighted by Gasteiger charge is 2.34. The van der Waals surface area contributed by atoms with E-state index in [-0.39, 0.29) is 28.9 Å². The zero-order chi connectivity index (χ0) is 28.2. The number of carbonyl (C=O) groups is 1. The van der Waals surface area contributed by atoms with Crippen molar-refractivity contribution >= 4 is 11.8 Å². The number of ether oxygens (including phenoxy) is 2. The van der Waals surface area contributed by atoms with Crippen LogP contribution in [0, 0.1) is 0 Å². The summed E-state index contributed by atoms with van der Waals surface area (Å²) in [5, 5.41) is 6.50. The van der Waals surface area contributed by atoms with E-state index in [1.165, 1.54) is 22.3 Å². The fraction of sp³-hybridized carbons (Fsp3) is 0.441. The highest BCUT2D eigenvalue weighted by molar-refractivity contribution is 5.84. The summed E-state index contributed by atoms with van der Waals surface area (Å²) >= 11 is 0. The van der Waals surface area contributed by atoms with Gasteiger partial charge in [-0.2, -0.15) is 0 Å². The minimum absolute atomic E-state index is 0.101. The van der Waals surface area contributed by atoms with Gasteiger partial charge in [0.2, 0.25) is 0 Å². The van der Waals surface area contributed by atoms with Crippen molar-refractivity contribution in [1.29, 1.82) is 0 Å². The fourth-order valence-electron chi connectivity index (χ4n) is 5.21. The van der Waals surface area contributed by atoms with Crippen LogP contribution in [0.2, 0.25) is 0 Å². The molecule has 3 aromatic carbocycles. The molecule has 208 valence electrons. The Balaban J connectivity index is 1.49. The molecule has 0 aliphatic carbocycles. The van der Waals surface area contributed by atoms with Gasteiger partial charge in [-0.3, -0.25) is 5.32 Å². The average Bonchev–Trinajstić information content (AvgIpc) is 3.32. The van der Waals surface area contributed by atoms with Crippen LogP contribution in [0.3, 0.4) is 0 Å². The number of hydrogen-bond acceptors (Lipinski definition) is 4. The second kappa shape index (κ2) is 11.8. The fourth-order valence-corrected chi connectivity index (χ4v) is 5.21. The molecule has 2 N–H and O–H groups in total. The average molecular weight is 529 g/mol. The molecule has 0 spiro atoms. The maximum absolute atomic E-state index is 12.7. The van der Waals surface area contributed by atoms with Crippen LogP contribution in [0.25, 0.3) is 0 Å². The van der Waals surface area contributed by atoms with Gasteiger partial charge in [0.15, 0.2) is 0 Å². The predicted molar refractivity (Wildman–Crippen MR) is 160 cm³/mol. The molecule has 1 aliphatic rings. The van der Waals surface area contributed by atoms with Crippen LogP contribution in [0.4, 0.5) is 10.5 Å². The predicted octanol–water partition coefficient (Wildman–Crippen LogP) is 7.79. The van der Waals surface area contributed by atoms with E-state index in [1.54, 1.807) is 0 Å². The van der Waals surface area contributed by atoms with E-state index in [0.717, 1.165) is 12.2 Å². The molecule has 3 aromatic rings. The van der Waals surface area contributed by atoms with Crippen molar-refractivity contribution in [3.8, 4) is 5.75 Å². The minimum atomic E-state index is -0.438. The Bertz CT molecular complexity index is 1160. The lowest BCUT2D eigenvalue weighted by atomic mass is 9.80. The van der Waals surface area contributed by atoms with Crippen molar-refractivity contribution < 1.29 is 14.3 Å². The number of hydrogen-bond donors (Lipinski definition) is 2. The van der Waals surface area contributed by atoms with E-state index in [9.17, 15) is 4.79 Å². The first kappa shape index (κ1) is 28.7. The molecule has 5 nitrogen and oxygen atoms in total. The molecule has 39 heavy (non-hydrogen) atoms. The van der Waals surface area contributed by atoms with Crippen LogP contribution in [0.5, 0.6) is 5.75 Å². The molecule has 0 bridgehead atoms. The van der Waals surface area contributed by atoms with Crippen molar-refractivity contribution in [1.82, 2.24) is 5.32 Å². The molecule has 5 heteroatoms. The van der Waals surface area contributed by atoms with Gasteiger partial charge in [-0.1, -0.05) is 90.1 Å². The molecule has 0 saturated carbocycles. The van der Waals surface area contributed by atoms with Crippen LogP contribution in [-0.2, 0) is 15.6 Å². The van der Waals surface area contributed by atoms with Gasteiger partial charge in [-0.15, -0.1) is 0 Å². The van der Waals surface area contributed by atoms with Crippen molar-refractivity contribution in [3.05, 3.63) is 95.1 Å². The lowest BCUT2D eigenvalue weighted by Crippen LogP contribution is -2.30. The first-order valence-corrected chi connectivity index (χ1v) is 14.1. The largest absolute Gasteiger partial charge is 0.494 e. The molecule has 1 amide bonds. The number of benzene rings is 3. The number of rotatable bonds is 7. The van der Waals surface area contributed by atoms with Crippen LogP contribution in [0.1, 0.15) is 83.1 Å². The molecule has 1 heterocycles.